The zero-order chi connectivity index (χ0) is 24.9. The van der Waals surface area contributed by atoms with Gasteiger partial charge >= 0.3 is 6.03 Å². The van der Waals surface area contributed by atoms with Crippen molar-refractivity contribution < 1.29 is 9.59 Å². The van der Waals surface area contributed by atoms with Gasteiger partial charge in [-0.05, 0) is 98.6 Å². The summed E-state index contributed by atoms with van der Waals surface area (Å²) in [6, 6.07) is 12.4. The molecule has 0 radical (unpaired) electrons. The molecular formula is C30H39N3O2S. The van der Waals surface area contributed by atoms with Crippen LogP contribution >= 0.6 is 11.3 Å². The summed E-state index contributed by atoms with van der Waals surface area (Å²) in [6.45, 7) is 5.01. The number of hydrogen-bond acceptors (Lipinski definition) is 3. The lowest BCUT2D eigenvalue weighted by Gasteiger charge is -2.57. The number of urea groups is 1. The minimum absolute atomic E-state index is 0.0135. The fraction of sp³-hybridized carbons (Fsp3) is 0.600. The Morgan fingerprint density at radius 2 is 1.75 bits per heavy atom. The van der Waals surface area contributed by atoms with Gasteiger partial charge in [-0.3, -0.25) is 4.79 Å². The first-order chi connectivity index (χ1) is 17.4. The molecule has 4 bridgehead atoms. The van der Waals surface area contributed by atoms with Crippen LogP contribution in [-0.2, 0) is 11.2 Å². The number of nitrogens with one attached hydrogen (secondary N) is 1. The zero-order valence-electron chi connectivity index (χ0n) is 21.6. The minimum atomic E-state index is -0.0845. The number of benzene rings is 1. The number of rotatable bonds is 6. The van der Waals surface area contributed by atoms with Crippen molar-refractivity contribution in [2.75, 3.05) is 13.1 Å². The Balaban J connectivity index is 1.22. The second kappa shape index (κ2) is 9.51. The molecule has 1 N–H and O–H groups in total. The second-order valence-corrected chi connectivity index (χ2v) is 13.0. The zero-order valence-corrected chi connectivity index (χ0v) is 22.4. The Morgan fingerprint density at radius 3 is 2.39 bits per heavy atom. The first-order valence-corrected chi connectivity index (χ1v) is 14.8. The molecule has 4 aliphatic carbocycles. The van der Waals surface area contributed by atoms with E-state index >= 15 is 0 Å². The van der Waals surface area contributed by atoms with E-state index in [1.807, 2.05) is 28.0 Å². The first kappa shape index (κ1) is 24.0. The van der Waals surface area contributed by atoms with Crippen LogP contribution < -0.4 is 5.32 Å². The molecule has 2 atom stereocenters. The minimum Gasteiger partial charge on any atom is -0.333 e. The van der Waals surface area contributed by atoms with Gasteiger partial charge in [-0.2, -0.15) is 0 Å². The molecule has 7 rings (SSSR count). The molecule has 1 aromatic carbocycles. The van der Waals surface area contributed by atoms with Crippen molar-refractivity contribution in [3.8, 4) is 0 Å². The van der Waals surface area contributed by atoms with Gasteiger partial charge in [0.2, 0.25) is 5.91 Å². The van der Waals surface area contributed by atoms with Gasteiger partial charge in [0.15, 0.2) is 0 Å². The molecule has 2 unspecified atom stereocenters. The molecule has 0 spiro atoms. The summed E-state index contributed by atoms with van der Waals surface area (Å²) < 4.78 is 0. The lowest BCUT2D eigenvalue weighted by molar-refractivity contribution is -0.134. The van der Waals surface area contributed by atoms with Crippen molar-refractivity contribution in [2.24, 2.45) is 17.8 Å². The van der Waals surface area contributed by atoms with Gasteiger partial charge in [0.25, 0.3) is 0 Å². The summed E-state index contributed by atoms with van der Waals surface area (Å²) in [5, 5.41) is 5.66. The first-order valence-electron chi connectivity index (χ1n) is 13.9. The number of amides is 3. The van der Waals surface area contributed by atoms with Crippen LogP contribution in [0.3, 0.4) is 0 Å². The normalized spacial score (nSPS) is 31.1. The van der Waals surface area contributed by atoms with Crippen LogP contribution in [0.2, 0.25) is 0 Å². The molecule has 2 heterocycles. The number of carbonyl (C=O) groups excluding carboxylic acids is 2. The lowest BCUT2D eigenvalue weighted by Crippen LogP contribution is -2.63. The molecule has 5 aliphatic rings. The largest absolute Gasteiger partial charge is 0.333 e. The van der Waals surface area contributed by atoms with Crippen molar-refractivity contribution in [1.82, 2.24) is 15.1 Å². The van der Waals surface area contributed by atoms with Gasteiger partial charge in [-0.15, -0.1) is 11.3 Å². The van der Waals surface area contributed by atoms with Gasteiger partial charge in [0.05, 0.1) is 6.04 Å². The summed E-state index contributed by atoms with van der Waals surface area (Å²) in [7, 11) is 0. The third kappa shape index (κ3) is 4.36. The molecule has 192 valence electrons. The highest BCUT2D eigenvalue weighted by Crippen LogP contribution is 2.55. The topological polar surface area (TPSA) is 52.7 Å². The van der Waals surface area contributed by atoms with E-state index in [2.05, 4.69) is 42.7 Å². The lowest BCUT2D eigenvalue weighted by atomic mass is 9.53. The number of thiophene rings is 1. The predicted molar refractivity (Wildman–Crippen MR) is 144 cm³/mol. The van der Waals surface area contributed by atoms with Crippen LogP contribution in [0.4, 0.5) is 4.79 Å². The van der Waals surface area contributed by atoms with E-state index in [4.69, 9.17) is 0 Å². The molecule has 0 saturated heterocycles. The maximum absolute atomic E-state index is 13.9. The standard InChI is InChI=1S/C30H39N3O2S/c1-3-20(2)33(29(35)31-30-16-21-13-22(17-30)15-23(14-21)18-30)19-27(34)32-11-9-26-25(10-12-36-26)28(32)24-7-5-4-6-8-24/h4-8,10,12,20-23,28H,3,9,11,13-19H2,1-2H3,(H,31,35). The van der Waals surface area contributed by atoms with E-state index in [0.717, 1.165) is 55.4 Å². The Kier molecular flexibility index (Phi) is 6.35. The SMILES string of the molecule is CCC(C)N(CC(=O)N1CCc2sccc2C1c1ccccc1)C(=O)NC12CC3CC(CC(C3)C1)C2. The summed E-state index contributed by atoms with van der Waals surface area (Å²) in [4.78, 5) is 32.9. The Bertz CT molecular complexity index is 1080. The summed E-state index contributed by atoms with van der Waals surface area (Å²) >= 11 is 1.78. The highest BCUT2D eigenvalue weighted by Gasteiger charge is 2.52. The van der Waals surface area contributed by atoms with Gasteiger partial charge in [-0.1, -0.05) is 37.3 Å². The third-order valence-electron chi connectivity index (χ3n) is 9.50. The van der Waals surface area contributed by atoms with Crippen molar-refractivity contribution >= 4 is 23.3 Å². The molecule has 4 saturated carbocycles. The predicted octanol–water partition coefficient (Wildman–Crippen LogP) is 6.00. The molecule has 2 aromatic rings. The molecule has 36 heavy (non-hydrogen) atoms. The molecule has 5 nitrogen and oxygen atoms in total. The summed E-state index contributed by atoms with van der Waals surface area (Å²) in [5.41, 5.74) is 2.32. The summed E-state index contributed by atoms with van der Waals surface area (Å²) in [5.74, 6) is 2.36. The van der Waals surface area contributed by atoms with Crippen molar-refractivity contribution in [3.63, 3.8) is 0 Å². The highest BCUT2D eigenvalue weighted by atomic mass is 32.1. The van der Waals surface area contributed by atoms with Crippen LogP contribution in [-0.4, -0.2) is 46.4 Å². The second-order valence-electron chi connectivity index (χ2n) is 12.0. The number of nitrogens with zero attached hydrogens (tertiary/aromatic N) is 2. The van der Waals surface area contributed by atoms with Crippen LogP contribution in [0, 0.1) is 17.8 Å². The van der Waals surface area contributed by atoms with Gasteiger partial charge < -0.3 is 15.1 Å². The van der Waals surface area contributed by atoms with Gasteiger partial charge in [-0.25, -0.2) is 4.79 Å². The van der Waals surface area contributed by atoms with Gasteiger partial charge in [0, 0.05) is 23.0 Å². The van der Waals surface area contributed by atoms with Crippen LogP contribution in [0.25, 0.3) is 0 Å². The van der Waals surface area contributed by atoms with Crippen molar-refractivity contribution in [1.29, 1.82) is 0 Å². The quantitative estimate of drug-likeness (QED) is 0.523. The van der Waals surface area contributed by atoms with Crippen LogP contribution in [0.15, 0.2) is 41.8 Å². The van der Waals surface area contributed by atoms with Gasteiger partial charge in [0.1, 0.15) is 6.54 Å². The summed E-state index contributed by atoms with van der Waals surface area (Å²) in [6.07, 6.45) is 9.13. The Morgan fingerprint density at radius 1 is 1.08 bits per heavy atom. The average molecular weight is 506 g/mol. The molecule has 6 heteroatoms. The Hall–Kier alpha value is -2.34. The highest BCUT2D eigenvalue weighted by molar-refractivity contribution is 7.10. The van der Waals surface area contributed by atoms with Crippen LogP contribution in [0.5, 0.6) is 0 Å². The Labute approximate surface area is 219 Å². The van der Waals surface area contributed by atoms with E-state index in [0.29, 0.717) is 6.54 Å². The maximum Gasteiger partial charge on any atom is 0.318 e. The smallest absolute Gasteiger partial charge is 0.318 e. The number of carbonyl (C=O) groups is 2. The maximum atomic E-state index is 13.9. The van der Waals surface area contributed by atoms with Crippen molar-refractivity contribution in [2.45, 2.75) is 82.8 Å². The average Bonchev–Trinajstić information content (AvgIpc) is 3.34. The van der Waals surface area contributed by atoms with E-state index < -0.39 is 0 Å². The van der Waals surface area contributed by atoms with E-state index in [9.17, 15) is 9.59 Å². The van der Waals surface area contributed by atoms with E-state index in [1.54, 1.807) is 11.3 Å². The molecule has 4 fully saturated rings. The van der Waals surface area contributed by atoms with E-state index in [1.165, 1.54) is 29.7 Å². The third-order valence-corrected chi connectivity index (χ3v) is 10.5. The number of fused-ring (bicyclic) bond motifs is 1. The number of hydrogen-bond donors (Lipinski definition) is 1. The molecule has 1 aromatic heterocycles. The molecule has 3 amide bonds. The van der Waals surface area contributed by atoms with Crippen molar-refractivity contribution in [3.05, 3.63) is 57.8 Å². The molecular weight excluding hydrogens is 466 g/mol. The fourth-order valence-corrected chi connectivity index (χ4v) is 8.93. The fourth-order valence-electron chi connectivity index (χ4n) is 8.03. The van der Waals surface area contributed by atoms with E-state index in [-0.39, 0.29) is 36.1 Å². The van der Waals surface area contributed by atoms with Crippen LogP contribution in [0.1, 0.15) is 80.8 Å². The monoisotopic (exact) mass is 505 g/mol. The molecule has 1 aliphatic heterocycles.